The molecule has 27 heavy (non-hydrogen) atoms. The summed E-state index contributed by atoms with van der Waals surface area (Å²) >= 11 is 0. The molecule has 1 aromatic carbocycles. The van der Waals surface area contributed by atoms with Crippen LogP contribution in [0.2, 0.25) is 45.8 Å². The number of hydrogen-bond acceptors (Lipinski definition) is 4. The van der Waals surface area contributed by atoms with Crippen molar-refractivity contribution >= 4 is 36.3 Å². The summed E-state index contributed by atoms with van der Waals surface area (Å²) in [4.78, 5) is 15.2. The van der Waals surface area contributed by atoms with Crippen LogP contribution in [0, 0.1) is 0 Å². The van der Waals surface area contributed by atoms with E-state index in [2.05, 4.69) is 45.8 Å². The normalized spacial score (nSPS) is 15.9. The van der Waals surface area contributed by atoms with Crippen molar-refractivity contribution < 1.29 is 17.8 Å². The number of carbonyl (C=O) groups excluding carboxylic acids is 1. The maximum atomic E-state index is 13.3. The number of benzene rings is 1. The number of nitrogens with zero attached hydrogens (tertiary/aromatic N) is 1. The van der Waals surface area contributed by atoms with Crippen molar-refractivity contribution in [3.05, 3.63) is 23.8 Å². The lowest BCUT2D eigenvalue weighted by Crippen LogP contribution is -2.61. The maximum Gasteiger partial charge on any atom is 0.349 e. The average molecular weight is 426 g/mol. The Bertz CT molecular complexity index is 661. The molecule has 1 fully saturated rings. The third-order valence-electron chi connectivity index (χ3n) is 4.34. The van der Waals surface area contributed by atoms with Crippen LogP contribution in [0.4, 0.5) is 0 Å². The Balaban J connectivity index is 2.59. The van der Waals surface area contributed by atoms with E-state index in [-0.39, 0.29) is 5.91 Å². The third kappa shape index (κ3) is 6.02. The second-order valence-corrected chi connectivity index (χ2v) is 21.8. The SMILES string of the molecule is COc1ccc(C(=O)N2CCCC2)c([Si](C)(O[Si](C)(C)C)O[Si](C)(C)C)c1. The van der Waals surface area contributed by atoms with Crippen molar-refractivity contribution in [2.45, 2.75) is 58.7 Å². The van der Waals surface area contributed by atoms with Crippen LogP contribution < -0.4 is 9.92 Å². The van der Waals surface area contributed by atoms with Gasteiger partial charge in [0.1, 0.15) is 5.75 Å². The number of carbonyl (C=O) groups is 1. The second kappa shape index (κ2) is 8.20. The van der Waals surface area contributed by atoms with Crippen LogP contribution in [0.25, 0.3) is 0 Å². The highest BCUT2D eigenvalue weighted by atomic mass is 28.5. The molecule has 0 bridgehead atoms. The predicted octanol–water partition coefficient (Wildman–Crippen LogP) is 3.91. The predicted molar refractivity (Wildman–Crippen MR) is 118 cm³/mol. The van der Waals surface area contributed by atoms with Crippen molar-refractivity contribution in [1.29, 1.82) is 0 Å². The van der Waals surface area contributed by atoms with Gasteiger partial charge in [-0.15, -0.1) is 0 Å². The first-order valence-electron chi connectivity index (χ1n) is 9.73. The van der Waals surface area contributed by atoms with E-state index >= 15 is 0 Å². The molecular formula is C19H35NO4Si3. The number of ether oxygens (including phenoxy) is 1. The first-order valence-corrected chi connectivity index (χ1v) is 18.9. The van der Waals surface area contributed by atoms with Gasteiger partial charge < -0.3 is 17.9 Å². The van der Waals surface area contributed by atoms with Crippen molar-refractivity contribution in [2.24, 2.45) is 0 Å². The standard InChI is InChI=1S/C19H35NO4Si3/c1-22-16-11-12-17(19(21)20-13-9-10-14-20)18(15-16)27(8,23-25(2,3)4)24-26(5,6)7/h11-12,15H,9-10,13-14H2,1-8H3. The fourth-order valence-electron chi connectivity index (χ4n) is 3.60. The molecule has 152 valence electrons. The van der Waals surface area contributed by atoms with Gasteiger partial charge in [-0.3, -0.25) is 4.79 Å². The van der Waals surface area contributed by atoms with Crippen LogP contribution in [-0.2, 0) is 8.23 Å². The number of amides is 1. The zero-order valence-electron chi connectivity index (χ0n) is 18.1. The zero-order chi connectivity index (χ0) is 20.5. The highest BCUT2D eigenvalue weighted by Crippen LogP contribution is 2.25. The summed E-state index contributed by atoms with van der Waals surface area (Å²) in [7, 11) is -4.95. The van der Waals surface area contributed by atoms with Crippen LogP contribution in [0.1, 0.15) is 23.2 Å². The Morgan fingerprint density at radius 2 is 1.44 bits per heavy atom. The smallest absolute Gasteiger partial charge is 0.349 e. The fraction of sp³-hybridized carbons (Fsp3) is 0.632. The Morgan fingerprint density at radius 1 is 0.926 bits per heavy atom. The minimum atomic E-state index is -2.81. The monoisotopic (exact) mass is 425 g/mol. The molecule has 0 aliphatic carbocycles. The largest absolute Gasteiger partial charge is 0.497 e. The molecule has 0 atom stereocenters. The van der Waals surface area contributed by atoms with Crippen molar-refractivity contribution in [3.63, 3.8) is 0 Å². The van der Waals surface area contributed by atoms with Crippen LogP contribution in [0.5, 0.6) is 5.75 Å². The number of likely N-dealkylation sites (tertiary alicyclic amines) is 1. The van der Waals surface area contributed by atoms with E-state index in [9.17, 15) is 4.79 Å². The quantitative estimate of drug-likeness (QED) is 0.621. The summed E-state index contributed by atoms with van der Waals surface area (Å²) in [6, 6.07) is 5.72. The number of hydrogen-bond donors (Lipinski definition) is 0. The van der Waals surface area contributed by atoms with Crippen LogP contribution in [0.3, 0.4) is 0 Å². The van der Waals surface area contributed by atoms with Crippen molar-refractivity contribution in [1.82, 2.24) is 4.90 Å². The van der Waals surface area contributed by atoms with E-state index < -0.39 is 25.2 Å². The lowest BCUT2D eigenvalue weighted by molar-refractivity contribution is 0.0793. The highest BCUT2D eigenvalue weighted by molar-refractivity contribution is 6.94. The summed E-state index contributed by atoms with van der Waals surface area (Å²) in [6.07, 6.45) is 2.14. The first kappa shape index (κ1) is 22.4. The molecule has 1 saturated heterocycles. The van der Waals surface area contributed by atoms with Gasteiger partial charge in [0, 0.05) is 23.8 Å². The fourth-order valence-corrected chi connectivity index (χ4v) is 15.5. The molecule has 5 nitrogen and oxygen atoms in total. The second-order valence-electron chi connectivity index (χ2n) is 9.29. The van der Waals surface area contributed by atoms with Crippen LogP contribution in [-0.4, -0.2) is 56.2 Å². The van der Waals surface area contributed by atoms with Crippen molar-refractivity contribution in [3.8, 4) is 5.75 Å². The first-order chi connectivity index (χ1) is 12.3. The lowest BCUT2D eigenvalue weighted by Gasteiger charge is -2.39. The summed E-state index contributed by atoms with van der Waals surface area (Å²) in [5, 5.41) is 0.906. The van der Waals surface area contributed by atoms with Gasteiger partial charge in [-0.05, 0) is 76.9 Å². The zero-order valence-corrected chi connectivity index (χ0v) is 21.1. The lowest BCUT2D eigenvalue weighted by atomic mass is 10.2. The Labute approximate surface area is 167 Å². The molecular weight excluding hydrogens is 390 g/mol. The Morgan fingerprint density at radius 3 is 1.89 bits per heavy atom. The molecule has 8 heteroatoms. The van der Waals surface area contributed by atoms with Crippen LogP contribution in [0.15, 0.2) is 18.2 Å². The highest BCUT2D eigenvalue weighted by Gasteiger charge is 2.45. The average Bonchev–Trinajstić information content (AvgIpc) is 3.04. The van der Waals surface area contributed by atoms with E-state index in [4.69, 9.17) is 13.0 Å². The number of rotatable bonds is 7. The van der Waals surface area contributed by atoms with E-state index in [0.29, 0.717) is 5.56 Å². The molecule has 0 aromatic heterocycles. The van der Waals surface area contributed by atoms with E-state index in [1.807, 2.05) is 23.1 Å². The molecule has 0 saturated carbocycles. The maximum absolute atomic E-state index is 13.3. The minimum absolute atomic E-state index is 0.0854. The van der Waals surface area contributed by atoms with Gasteiger partial charge in [0.05, 0.1) is 7.11 Å². The van der Waals surface area contributed by atoms with Crippen LogP contribution >= 0.6 is 0 Å². The Hall–Kier alpha value is -0.939. The van der Waals surface area contributed by atoms with Gasteiger partial charge in [0.15, 0.2) is 16.6 Å². The summed E-state index contributed by atoms with van der Waals surface area (Å²) in [5.74, 6) is 0.822. The van der Waals surface area contributed by atoms with Gasteiger partial charge in [0.25, 0.3) is 5.91 Å². The van der Waals surface area contributed by atoms with Crippen molar-refractivity contribution in [2.75, 3.05) is 20.2 Å². The molecule has 1 aliphatic heterocycles. The molecule has 0 spiro atoms. The van der Waals surface area contributed by atoms with Gasteiger partial charge in [0.2, 0.25) is 0 Å². The molecule has 1 heterocycles. The summed E-state index contributed by atoms with van der Waals surface area (Å²) < 4.78 is 18.9. The minimum Gasteiger partial charge on any atom is -0.497 e. The molecule has 2 rings (SSSR count). The Kier molecular flexibility index (Phi) is 6.79. The topological polar surface area (TPSA) is 48.0 Å². The molecule has 1 amide bonds. The van der Waals surface area contributed by atoms with E-state index in [1.165, 1.54) is 0 Å². The molecule has 1 aliphatic rings. The summed E-state index contributed by atoms with van der Waals surface area (Å²) in [5.41, 5.74) is 0.711. The van der Waals surface area contributed by atoms with Gasteiger partial charge in [-0.1, -0.05) is 0 Å². The van der Waals surface area contributed by atoms with Gasteiger partial charge in [-0.25, -0.2) is 0 Å². The molecule has 0 radical (unpaired) electrons. The van der Waals surface area contributed by atoms with E-state index in [1.54, 1.807) is 7.11 Å². The molecule has 0 N–H and O–H groups in total. The van der Waals surface area contributed by atoms with E-state index in [0.717, 1.165) is 36.9 Å². The third-order valence-corrected chi connectivity index (χ3v) is 13.7. The summed E-state index contributed by atoms with van der Waals surface area (Å²) in [6.45, 7) is 16.8. The van der Waals surface area contributed by atoms with Gasteiger partial charge in [-0.2, -0.15) is 0 Å². The molecule has 1 aromatic rings. The van der Waals surface area contributed by atoms with Gasteiger partial charge >= 0.3 is 8.56 Å². The number of methoxy groups -OCH3 is 1. The molecule has 0 unspecified atom stereocenters.